The number of nitrogens with zero attached hydrogens (tertiary/aromatic N) is 2. The number of aromatic nitrogens is 2. The molecule has 0 bridgehead atoms. The molecule has 2 amide bonds. The number of rotatable bonds is 5. The molecular weight excluding hydrogens is 424 g/mol. The Balaban J connectivity index is 1.47. The first-order chi connectivity index (χ1) is 16.7. The lowest BCUT2D eigenvalue weighted by Crippen LogP contribution is -2.19. The zero-order valence-corrected chi connectivity index (χ0v) is 18.5. The number of nitrogens with one attached hydrogen (secondary N) is 2. The fourth-order valence-electron chi connectivity index (χ4n) is 3.69. The van der Waals surface area contributed by atoms with Crippen LogP contribution in [0.3, 0.4) is 0 Å². The van der Waals surface area contributed by atoms with Crippen molar-refractivity contribution in [3.05, 3.63) is 103 Å². The van der Waals surface area contributed by atoms with Gasteiger partial charge in [0.1, 0.15) is 5.75 Å². The topological polar surface area (TPSA) is 76.1 Å². The Hall–Kier alpha value is -4.71. The highest BCUT2D eigenvalue weighted by atomic mass is 16.5. The second-order valence-electron chi connectivity index (χ2n) is 7.66. The van der Waals surface area contributed by atoms with Crippen LogP contribution in [-0.2, 0) is 0 Å². The normalized spacial score (nSPS) is 10.6. The van der Waals surface area contributed by atoms with Gasteiger partial charge in [0.2, 0.25) is 0 Å². The van der Waals surface area contributed by atoms with Crippen molar-refractivity contribution in [1.29, 1.82) is 0 Å². The predicted octanol–water partition coefficient (Wildman–Crippen LogP) is 6.62. The highest BCUT2D eigenvalue weighted by Crippen LogP contribution is 2.31. The smallest absolute Gasteiger partial charge is 0.323 e. The first-order valence-electron chi connectivity index (χ1n) is 10.8. The molecule has 0 unspecified atom stereocenters. The zero-order chi connectivity index (χ0) is 23.3. The predicted molar refractivity (Wildman–Crippen MR) is 136 cm³/mol. The third kappa shape index (κ3) is 4.56. The van der Waals surface area contributed by atoms with Gasteiger partial charge < -0.3 is 15.4 Å². The molecule has 0 aliphatic rings. The van der Waals surface area contributed by atoms with Crippen LogP contribution in [-0.4, -0.2) is 23.1 Å². The molecule has 0 spiro atoms. The third-order valence-corrected chi connectivity index (χ3v) is 5.36. The van der Waals surface area contributed by atoms with Gasteiger partial charge in [-0.2, -0.15) is 0 Å². The van der Waals surface area contributed by atoms with Crippen molar-refractivity contribution in [2.75, 3.05) is 17.7 Å². The average molecular weight is 447 g/mol. The van der Waals surface area contributed by atoms with Crippen LogP contribution < -0.4 is 15.4 Å². The average Bonchev–Trinajstić information content (AvgIpc) is 2.89. The van der Waals surface area contributed by atoms with E-state index < -0.39 is 0 Å². The summed E-state index contributed by atoms with van der Waals surface area (Å²) in [4.78, 5) is 22.4. The maximum Gasteiger partial charge on any atom is 0.323 e. The van der Waals surface area contributed by atoms with Crippen molar-refractivity contribution >= 4 is 28.4 Å². The summed E-state index contributed by atoms with van der Waals surface area (Å²) in [5.74, 6) is 0.725. The third-order valence-electron chi connectivity index (χ3n) is 5.36. The standard InChI is InChI=1S/C28H22N4O2/c1-34-23-15-12-21(13-16-23)29-28(33)30-22-14-17-24-25(18-22)32-27(20-10-6-3-7-11-20)26(31-24)19-8-4-2-5-9-19/h2-18H,1H3,(H2,29,30,33). The summed E-state index contributed by atoms with van der Waals surface area (Å²) < 4.78 is 5.15. The Bertz CT molecular complexity index is 1440. The fourth-order valence-corrected chi connectivity index (χ4v) is 3.69. The fraction of sp³-hybridized carbons (Fsp3) is 0.0357. The molecule has 0 fully saturated rings. The van der Waals surface area contributed by atoms with Gasteiger partial charge in [-0.3, -0.25) is 0 Å². The van der Waals surface area contributed by atoms with Crippen molar-refractivity contribution in [3.63, 3.8) is 0 Å². The molecule has 34 heavy (non-hydrogen) atoms. The summed E-state index contributed by atoms with van der Waals surface area (Å²) in [5.41, 5.74) is 6.32. The highest BCUT2D eigenvalue weighted by Gasteiger charge is 2.14. The second kappa shape index (κ2) is 9.42. The van der Waals surface area contributed by atoms with Crippen molar-refractivity contribution in [2.45, 2.75) is 0 Å². The maximum absolute atomic E-state index is 12.5. The molecule has 4 aromatic carbocycles. The lowest BCUT2D eigenvalue weighted by Gasteiger charge is -2.12. The number of hydrogen-bond donors (Lipinski definition) is 2. The lowest BCUT2D eigenvalue weighted by molar-refractivity contribution is 0.262. The molecular formula is C28H22N4O2. The van der Waals surface area contributed by atoms with E-state index in [1.54, 1.807) is 31.4 Å². The van der Waals surface area contributed by atoms with Gasteiger partial charge in [0.05, 0.1) is 29.5 Å². The SMILES string of the molecule is COc1ccc(NC(=O)Nc2ccc3nc(-c4ccccc4)c(-c4ccccc4)nc3c2)cc1. The van der Waals surface area contributed by atoms with Gasteiger partial charge in [0.25, 0.3) is 0 Å². The van der Waals surface area contributed by atoms with Crippen LogP contribution in [0.15, 0.2) is 103 Å². The van der Waals surface area contributed by atoms with Gasteiger partial charge in [0, 0.05) is 22.5 Å². The van der Waals surface area contributed by atoms with Crippen LogP contribution in [0.2, 0.25) is 0 Å². The van der Waals surface area contributed by atoms with Gasteiger partial charge in [-0.25, -0.2) is 14.8 Å². The summed E-state index contributed by atoms with van der Waals surface area (Å²) in [7, 11) is 1.60. The number of hydrogen-bond acceptors (Lipinski definition) is 4. The molecule has 5 rings (SSSR count). The van der Waals surface area contributed by atoms with Crippen LogP contribution >= 0.6 is 0 Å². The molecule has 0 saturated carbocycles. The van der Waals surface area contributed by atoms with Crippen LogP contribution in [0.5, 0.6) is 5.75 Å². The van der Waals surface area contributed by atoms with E-state index in [9.17, 15) is 4.79 Å². The van der Waals surface area contributed by atoms with E-state index in [1.807, 2.05) is 78.9 Å². The van der Waals surface area contributed by atoms with Gasteiger partial charge in [-0.15, -0.1) is 0 Å². The van der Waals surface area contributed by atoms with E-state index in [4.69, 9.17) is 14.7 Å². The minimum absolute atomic E-state index is 0.346. The lowest BCUT2D eigenvalue weighted by atomic mass is 10.0. The molecule has 0 aliphatic carbocycles. The molecule has 6 nitrogen and oxygen atoms in total. The molecule has 1 aromatic heterocycles. The first kappa shape index (κ1) is 21.2. The number of benzene rings is 4. The Morgan fingerprint density at radius 2 is 1.18 bits per heavy atom. The van der Waals surface area contributed by atoms with Crippen molar-refractivity contribution < 1.29 is 9.53 Å². The number of amides is 2. The molecule has 166 valence electrons. The number of fused-ring (bicyclic) bond motifs is 1. The molecule has 0 aliphatic heterocycles. The highest BCUT2D eigenvalue weighted by molar-refractivity contribution is 6.01. The number of carbonyl (C=O) groups excluding carboxylic acids is 1. The minimum Gasteiger partial charge on any atom is -0.497 e. The summed E-state index contributed by atoms with van der Waals surface area (Å²) in [6.07, 6.45) is 0. The van der Waals surface area contributed by atoms with Gasteiger partial charge in [-0.05, 0) is 42.5 Å². The second-order valence-corrected chi connectivity index (χ2v) is 7.66. The van der Waals surface area contributed by atoms with Gasteiger partial charge >= 0.3 is 6.03 Å². The van der Waals surface area contributed by atoms with E-state index >= 15 is 0 Å². The van der Waals surface area contributed by atoms with Crippen molar-refractivity contribution in [1.82, 2.24) is 9.97 Å². The maximum atomic E-state index is 12.5. The summed E-state index contributed by atoms with van der Waals surface area (Å²) >= 11 is 0. The molecule has 0 radical (unpaired) electrons. The Kier molecular flexibility index (Phi) is 5.86. The molecule has 1 heterocycles. The van der Waals surface area contributed by atoms with E-state index in [1.165, 1.54) is 0 Å². The molecule has 2 N–H and O–H groups in total. The van der Waals surface area contributed by atoms with E-state index in [0.717, 1.165) is 33.8 Å². The molecule has 5 aromatic rings. The largest absolute Gasteiger partial charge is 0.497 e. The Labute approximate surface area is 197 Å². The van der Waals surface area contributed by atoms with Crippen LogP contribution in [0, 0.1) is 0 Å². The minimum atomic E-state index is -0.346. The van der Waals surface area contributed by atoms with Crippen LogP contribution in [0.1, 0.15) is 0 Å². The number of ether oxygens (including phenoxy) is 1. The quantitative estimate of drug-likeness (QED) is 0.318. The number of anilines is 2. The summed E-state index contributed by atoms with van der Waals surface area (Å²) in [5, 5.41) is 5.68. The van der Waals surface area contributed by atoms with Crippen LogP contribution in [0.25, 0.3) is 33.5 Å². The summed E-state index contributed by atoms with van der Waals surface area (Å²) in [6.45, 7) is 0. The zero-order valence-electron chi connectivity index (χ0n) is 18.5. The van der Waals surface area contributed by atoms with Gasteiger partial charge in [-0.1, -0.05) is 60.7 Å². The Morgan fingerprint density at radius 1 is 0.647 bits per heavy atom. The van der Waals surface area contributed by atoms with Crippen molar-refractivity contribution in [3.8, 4) is 28.3 Å². The monoisotopic (exact) mass is 446 g/mol. The molecule has 0 saturated heterocycles. The summed E-state index contributed by atoms with van der Waals surface area (Å²) in [6, 6.07) is 32.3. The molecule has 6 heteroatoms. The number of urea groups is 1. The van der Waals surface area contributed by atoms with E-state index in [2.05, 4.69) is 10.6 Å². The number of methoxy groups -OCH3 is 1. The van der Waals surface area contributed by atoms with E-state index in [-0.39, 0.29) is 6.03 Å². The molecule has 0 atom stereocenters. The van der Waals surface area contributed by atoms with E-state index in [0.29, 0.717) is 16.9 Å². The number of carbonyl (C=O) groups is 1. The van der Waals surface area contributed by atoms with Crippen LogP contribution in [0.4, 0.5) is 16.2 Å². The Morgan fingerprint density at radius 3 is 1.76 bits per heavy atom. The van der Waals surface area contributed by atoms with Gasteiger partial charge in [0.15, 0.2) is 0 Å². The van der Waals surface area contributed by atoms with Crippen molar-refractivity contribution in [2.24, 2.45) is 0 Å². The first-order valence-corrected chi connectivity index (χ1v) is 10.8.